The zero-order valence-corrected chi connectivity index (χ0v) is 15.9. The van der Waals surface area contributed by atoms with Gasteiger partial charge >= 0.3 is 0 Å². The maximum atomic E-state index is 12.8. The molecule has 2 N–H and O–H groups in total. The normalized spacial score (nSPS) is 31.7. The highest BCUT2D eigenvalue weighted by Crippen LogP contribution is 2.60. The lowest BCUT2D eigenvalue weighted by molar-refractivity contribution is -0.146. The Morgan fingerprint density at radius 2 is 1.62 bits per heavy atom. The first-order valence-electron chi connectivity index (χ1n) is 9.82. The van der Waals surface area contributed by atoms with E-state index in [-0.39, 0.29) is 17.2 Å². The molecule has 0 aliphatic heterocycles. The van der Waals surface area contributed by atoms with Crippen LogP contribution in [0.5, 0.6) is 0 Å². The van der Waals surface area contributed by atoms with Crippen LogP contribution < -0.4 is 10.6 Å². The average Bonchev–Trinajstić information content (AvgIpc) is 2.60. The summed E-state index contributed by atoms with van der Waals surface area (Å²) in [6.07, 6.45) is 7.48. The van der Waals surface area contributed by atoms with Gasteiger partial charge in [-0.1, -0.05) is 29.8 Å². The summed E-state index contributed by atoms with van der Waals surface area (Å²) >= 11 is 6.10. The van der Waals surface area contributed by atoms with Crippen molar-refractivity contribution in [2.24, 2.45) is 23.2 Å². The van der Waals surface area contributed by atoms with Crippen LogP contribution in [0.3, 0.4) is 0 Å². The molecule has 4 bridgehead atoms. The van der Waals surface area contributed by atoms with E-state index in [9.17, 15) is 9.59 Å². The van der Waals surface area contributed by atoms with E-state index in [0.717, 1.165) is 42.6 Å². The molecule has 1 aromatic rings. The number of hydrogen-bond donors (Lipinski definition) is 2. The molecule has 4 aliphatic rings. The summed E-state index contributed by atoms with van der Waals surface area (Å²) < 4.78 is 0. The molecule has 0 atom stereocenters. The Kier molecular flexibility index (Phi) is 4.96. The molecule has 0 aromatic heterocycles. The van der Waals surface area contributed by atoms with Crippen molar-refractivity contribution in [1.29, 1.82) is 0 Å². The maximum absolute atomic E-state index is 12.8. The number of halogens is 1. The second-order valence-corrected chi connectivity index (χ2v) is 8.98. The van der Waals surface area contributed by atoms with Crippen molar-refractivity contribution in [2.75, 3.05) is 6.54 Å². The lowest BCUT2D eigenvalue weighted by Gasteiger charge is -2.55. The van der Waals surface area contributed by atoms with Crippen LogP contribution in [0.2, 0.25) is 5.02 Å². The SMILES string of the molecule is O=C(CCNC(=O)C12CC3CC(CC(C3)C1)C2)NCc1ccccc1Cl. The molecule has 0 heterocycles. The molecule has 4 aliphatic carbocycles. The van der Waals surface area contributed by atoms with Crippen LogP contribution >= 0.6 is 11.6 Å². The van der Waals surface area contributed by atoms with E-state index >= 15 is 0 Å². The minimum Gasteiger partial charge on any atom is -0.355 e. The summed E-state index contributed by atoms with van der Waals surface area (Å²) in [6, 6.07) is 7.49. The van der Waals surface area contributed by atoms with Crippen molar-refractivity contribution >= 4 is 23.4 Å². The van der Waals surface area contributed by atoms with Gasteiger partial charge in [-0.15, -0.1) is 0 Å². The number of rotatable bonds is 6. The van der Waals surface area contributed by atoms with Crippen LogP contribution in [0.25, 0.3) is 0 Å². The summed E-state index contributed by atoms with van der Waals surface area (Å²) in [5.74, 6) is 2.40. The van der Waals surface area contributed by atoms with Crippen molar-refractivity contribution in [1.82, 2.24) is 10.6 Å². The van der Waals surface area contributed by atoms with Crippen molar-refractivity contribution < 1.29 is 9.59 Å². The fraction of sp³-hybridized carbons (Fsp3) is 0.619. The van der Waals surface area contributed by atoms with E-state index in [1.165, 1.54) is 19.3 Å². The molecule has 4 fully saturated rings. The number of amides is 2. The molecule has 4 saturated carbocycles. The lowest BCUT2D eigenvalue weighted by atomic mass is 9.49. The molecule has 0 saturated heterocycles. The molecule has 0 unspecified atom stereocenters. The predicted octanol–water partition coefficient (Wildman–Crippen LogP) is 3.68. The Labute approximate surface area is 160 Å². The highest BCUT2D eigenvalue weighted by molar-refractivity contribution is 6.31. The zero-order valence-electron chi connectivity index (χ0n) is 15.1. The van der Waals surface area contributed by atoms with E-state index < -0.39 is 0 Å². The van der Waals surface area contributed by atoms with Crippen LogP contribution in [0.4, 0.5) is 0 Å². The Balaban J connectivity index is 1.23. The molecule has 0 radical (unpaired) electrons. The van der Waals surface area contributed by atoms with Crippen LogP contribution in [0, 0.1) is 23.2 Å². The molecule has 26 heavy (non-hydrogen) atoms. The van der Waals surface area contributed by atoms with Gasteiger partial charge in [0.2, 0.25) is 11.8 Å². The third-order valence-corrected chi connectivity index (χ3v) is 6.96. The first-order valence-corrected chi connectivity index (χ1v) is 10.2. The van der Waals surface area contributed by atoms with Crippen LogP contribution in [-0.4, -0.2) is 18.4 Å². The van der Waals surface area contributed by atoms with Gasteiger partial charge in [0.15, 0.2) is 0 Å². The van der Waals surface area contributed by atoms with Gasteiger partial charge in [-0.3, -0.25) is 9.59 Å². The summed E-state index contributed by atoms with van der Waals surface area (Å²) in [7, 11) is 0. The number of benzene rings is 1. The Morgan fingerprint density at radius 3 is 2.23 bits per heavy atom. The summed E-state index contributed by atoms with van der Waals surface area (Å²) in [4.78, 5) is 24.9. The molecule has 4 nitrogen and oxygen atoms in total. The Morgan fingerprint density at radius 1 is 1.00 bits per heavy atom. The molecular weight excluding hydrogens is 348 g/mol. The second kappa shape index (κ2) is 7.22. The topological polar surface area (TPSA) is 58.2 Å². The van der Waals surface area contributed by atoms with E-state index in [1.807, 2.05) is 24.3 Å². The van der Waals surface area contributed by atoms with Crippen LogP contribution in [-0.2, 0) is 16.1 Å². The molecule has 2 amide bonds. The van der Waals surface area contributed by atoms with Gasteiger partial charge in [0.1, 0.15) is 0 Å². The van der Waals surface area contributed by atoms with Crippen molar-refractivity contribution in [2.45, 2.75) is 51.5 Å². The first kappa shape index (κ1) is 17.8. The lowest BCUT2D eigenvalue weighted by Crippen LogP contribution is -2.53. The van der Waals surface area contributed by atoms with Gasteiger partial charge in [0.05, 0.1) is 0 Å². The van der Waals surface area contributed by atoms with Gasteiger partial charge in [-0.2, -0.15) is 0 Å². The van der Waals surface area contributed by atoms with Gasteiger partial charge in [-0.25, -0.2) is 0 Å². The molecule has 0 spiro atoms. The zero-order chi connectivity index (χ0) is 18.1. The largest absolute Gasteiger partial charge is 0.355 e. The Bertz CT molecular complexity index is 668. The summed E-state index contributed by atoms with van der Waals surface area (Å²) in [5.41, 5.74) is 0.767. The van der Waals surface area contributed by atoms with Gasteiger partial charge in [0, 0.05) is 29.9 Å². The third-order valence-electron chi connectivity index (χ3n) is 6.59. The van der Waals surface area contributed by atoms with Crippen molar-refractivity contribution in [3.8, 4) is 0 Å². The van der Waals surface area contributed by atoms with E-state index in [2.05, 4.69) is 10.6 Å². The van der Waals surface area contributed by atoms with E-state index in [0.29, 0.717) is 24.5 Å². The second-order valence-electron chi connectivity index (χ2n) is 8.57. The van der Waals surface area contributed by atoms with Gasteiger partial charge in [0.25, 0.3) is 0 Å². The average molecular weight is 375 g/mol. The number of hydrogen-bond acceptors (Lipinski definition) is 2. The molecule has 1 aromatic carbocycles. The first-order chi connectivity index (χ1) is 12.5. The number of carbonyl (C=O) groups excluding carboxylic acids is 2. The minimum atomic E-state index is -0.136. The van der Waals surface area contributed by atoms with Crippen molar-refractivity contribution in [3.63, 3.8) is 0 Å². The van der Waals surface area contributed by atoms with E-state index in [4.69, 9.17) is 11.6 Å². The summed E-state index contributed by atoms with van der Waals surface area (Å²) in [5, 5.41) is 6.58. The highest BCUT2D eigenvalue weighted by Gasteiger charge is 2.54. The number of carbonyl (C=O) groups is 2. The molecule has 5 heteroatoms. The van der Waals surface area contributed by atoms with E-state index in [1.54, 1.807) is 0 Å². The van der Waals surface area contributed by atoms with Crippen molar-refractivity contribution in [3.05, 3.63) is 34.9 Å². The molecule has 140 valence electrons. The summed E-state index contributed by atoms with van der Waals surface area (Å²) in [6.45, 7) is 0.830. The van der Waals surface area contributed by atoms with Crippen LogP contribution in [0.15, 0.2) is 24.3 Å². The minimum absolute atomic E-state index is 0.0595. The van der Waals surface area contributed by atoms with Crippen LogP contribution in [0.1, 0.15) is 50.5 Å². The monoisotopic (exact) mass is 374 g/mol. The Hall–Kier alpha value is -1.55. The fourth-order valence-electron chi connectivity index (χ4n) is 5.79. The smallest absolute Gasteiger partial charge is 0.226 e. The third kappa shape index (κ3) is 3.62. The van der Waals surface area contributed by atoms with Gasteiger partial charge < -0.3 is 10.6 Å². The van der Waals surface area contributed by atoms with Gasteiger partial charge in [-0.05, 0) is 67.9 Å². The fourth-order valence-corrected chi connectivity index (χ4v) is 5.99. The highest BCUT2D eigenvalue weighted by atomic mass is 35.5. The maximum Gasteiger partial charge on any atom is 0.226 e. The molecular formula is C21H27ClN2O2. The number of nitrogens with one attached hydrogen (secondary N) is 2. The molecule has 5 rings (SSSR count). The predicted molar refractivity (Wildman–Crippen MR) is 102 cm³/mol. The quantitative estimate of drug-likeness (QED) is 0.798. The standard InChI is InChI=1S/C21H27ClN2O2/c22-18-4-2-1-3-17(18)13-24-19(25)5-6-23-20(26)21-10-14-7-15(11-21)9-16(8-14)12-21/h1-4,14-16H,5-13H2,(H,23,26)(H,24,25).